The fraction of sp³-hybridized carbons (Fsp3) is 0.409. The number of hydrogen-bond acceptors (Lipinski definition) is 1. The minimum absolute atomic E-state index is 0.162. The zero-order chi connectivity index (χ0) is 17.4. The number of rotatable bonds is 4. The van der Waals surface area contributed by atoms with Gasteiger partial charge in [-0.1, -0.05) is 48.9 Å². The van der Waals surface area contributed by atoms with Gasteiger partial charge in [0.2, 0.25) is 5.91 Å². The van der Waals surface area contributed by atoms with Crippen molar-refractivity contribution in [3.05, 3.63) is 71.5 Å². The SMILES string of the molecule is CN(C(=O)[C@@H]1C[C@H]2CC[C@H]1C2)[C@@H](c1ccccc1)c1ccc(F)cc1. The first-order valence-electron chi connectivity index (χ1n) is 9.20. The van der Waals surface area contributed by atoms with E-state index in [4.69, 9.17) is 0 Å². The van der Waals surface area contributed by atoms with E-state index in [9.17, 15) is 9.18 Å². The molecule has 130 valence electrons. The minimum Gasteiger partial charge on any atom is -0.334 e. The summed E-state index contributed by atoms with van der Waals surface area (Å²) in [5.74, 6) is 1.45. The van der Waals surface area contributed by atoms with Gasteiger partial charge in [0.1, 0.15) is 5.82 Å². The van der Waals surface area contributed by atoms with E-state index in [-0.39, 0.29) is 23.7 Å². The van der Waals surface area contributed by atoms with Crippen LogP contribution in [0.4, 0.5) is 4.39 Å². The summed E-state index contributed by atoms with van der Waals surface area (Å²) >= 11 is 0. The van der Waals surface area contributed by atoms with Crippen LogP contribution in [-0.4, -0.2) is 17.9 Å². The van der Waals surface area contributed by atoms with Crippen molar-refractivity contribution in [2.45, 2.75) is 31.7 Å². The van der Waals surface area contributed by atoms with E-state index in [0.29, 0.717) is 5.92 Å². The molecule has 2 aromatic rings. The van der Waals surface area contributed by atoms with Gasteiger partial charge in [0, 0.05) is 13.0 Å². The van der Waals surface area contributed by atoms with E-state index < -0.39 is 0 Å². The molecular formula is C22H24FNO. The maximum Gasteiger partial charge on any atom is 0.226 e. The molecule has 2 aliphatic rings. The molecule has 1 amide bonds. The molecule has 0 heterocycles. The summed E-state index contributed by atoms with van der Waals surface area (Å²) in [4.78, 5) is 15.1. The summed E-state index contributed by atoms with van der Waals surface area (Å²) < 4.78 is 13.4. The fourth-order valence-corrected chi connectivity index (χ4v) is 4.86. The third kappa shape index (κ3) is 3.08. The van der Waals surface area contributed by atoms with Gasteiger partial charge in [0.05, 0.1) is 6.04 Å². The van der Waals surface area contributed by atoms with Gasteiger partial charge < -0.3 is 4.90 Å². The predicted octanol–water partition coefficient (Wildman–Crippen LogP) is 4.81. The minimum atomic E-state index is -0.252. The Morgan fingerprint density at radius 3 is 2.28 bits per heavy atom. The first kappa shape index (κ1) is 16.3. The predicted molar refractivity (Wildman–Crippen MR) is 96.4 cm³/mol. The monoisotopic (exact) mass is 337 g/mol. The molecule has 2 aromatic carbocycles. The molecule has 0 N–H and O–H groups in total. The van der Waals surface area contributed by atoms with Crippen LogP contribution >= 0.6 is 0 Å². The standard InChI is InChI=1S/C22H24FNO/c1-24(22(25)20-14-15-7-8-18(20)13-15)21(16-5-3-2-4-6-16)17-9-11-19(23)12-10-17/h2-6,9-12,15,18,20-21H,7-8,13-14H2,1H3/t15-,18-,20+,21-/m0/s1. The topological polar surface area (TPSA) is 20.3 Å². The average Bonchev–Trinajstić information content (AvgIpc) is 3.27. The summed E-state index contributed by atoms with van der Waals surface area (Å²) in [6, 6.07) is 16.4. The van der Waals surface area contributed by atoms with E-state index in [2.05, 4.69) is 0 Å². The lowest BCUT2D eigenvalue weighted by molar-refractivity contribution is -0.137. The molecule has 0 spiro atoms. The second-order valence-electron chi connectivity index (χ2n) is 7.60. The second-order valence-corrected chi connectivity index (χ2v) is 7.60. The lowest BCUT2D eigenvalue weighted by Gasteiger charge is -2.33. The van der Waals surface area contributed by atoms with Crippen molar-refractivity contribution >= 4 is 5.91 Å². The lowest BCUT2D eigenvalue weighted by atomic mass is 9.86. The summed E-state index contributed by atoms with van der Waals surface area (Å²) in [6.45, 7) is 0. The molecule has 4 atom stereocenters. The largest absolute Gasteiger partial charge is 0.334 e. The molecule has 0 saturated heterocycles. The number of hydrogen-bond donors (Lipinski definition) is 0. The van der Waals surface area contributed by atoms with Crippen molar-refractivity contribution in [1.82, 2.24) is 4.90 Å². The second kappa shape index (κ2) is 6.62. The fourth-order valence-electron chi connectivity index (χ4n) is 4.86. The zero-order valence-electron chi connectivity index (χ0n) is 14.6. The Balaban J connectivity index is 1.65. The first-order valence-corrected chi connectivity index (χ1v) is 9.20. The summed E-state index contributed by atoms with van der Waals surface area (Å²) in [5, 5.41) is 0. The van der Waals surface area contributed by atoms with Gasteiger partial charge in [0.15, 0.2) is 0 Å². The normalized spacial score (nSPS) is 25.8. The molecule has 0 radical (unpaired) electrons. The molecule has 0 aromatic heterocycles. The Kier molecular flexibility index (Phi) is 4.32. The molecule has 4 rings (SSSR count). The van der Waals surface area contributed by atoms with Crippen molar-refractivity contribution in [3.8, 4) is 0 Å². The molecule has 25 heavy (non-hydrogen) atoms. The van der Waals surface area contributed by atoms with E-state index in [1.54, 1.807) is 12.1 Å². The molecule has 0 unspecified atom stereocenters. The maximum atomic E-state index is 13.4. The highest BCUT2D eigenvalue weighted by Gasteiger charge is 2.44. The van der Waals surface area contributed by atoms with E-state index in [0.717, 1.165) is 23.5 Å². The van der Waals surface area contributed by atoms with Crippen LogP contribution in [0.25, 0.3) is 0 Å². The summed E-state index contributed by atoms with van der Waals surface area (Å²) in [7, 11) is 1.90. The van der Waals surface area contributed by atoms with Crippen molar-refractivity contribution in [3.63, 3.8) is 0 Å². The number of carbonyl (C=O) groups is 1. The Hall–Kier alpha value is -2.16. The maximum absolute atomic E-state index is 13.4. The van der Waals surface area contributed by atoms with Gasteiger partial charge in [0.25, 0.3) is 0 Å². The number of fused-ring (bicyclic) bond motifs is 2. The van der Waals surface area contributed by atoms with Crippen LogP contribution in [0.1, 0.15) is 42.9 Å². The summed E-state index contributed by atoms with van der Waals surface area (Å²) in [6.07, 6.45) is 4.75. The van der Waals surface area contributed by atoms with E-state index in [1.165, 1.54) is 31.4 Å². The van der Waals surface area contributed by atoms with E-state index in [1.807, 2.05) is 42.3 Å². The lowest BCUT2D eigenvalue weighted by Crippen LogP contribution is -2.38. The van der Waals surface area contributed by atoms with Crippen LogP contribution < -0.4 is 0 Å². The highest BCUT2D eigenvalue weighted by atomic mass is 19.1. The van der Waals surface area contributed by atoms with Crippen molar-refractivity contribution in [2.75, 3.05) is 7.05 Å². The number of nitrogens with zero attached hydrogens (tertiary/aromatic N) is 1. The first-order chi connectivity index (χ1) is 12.1. The number of halogens is 1. The Morgan fingerprint density at radius 1 is 1.00 bits per heavy atom. The zero-order valence-corrected chi connectivity index (χ0v) is 14.6. The number of carbonyl (C=O) groups excluding carboxylic acids is 1. The Morgan fingerprint density at radius 2 is 1.68 bits per heavy atom. The molecule has 2 nitrogen and oxygen atoms in total. The number of benzene rings is 2. The average molecular weight is 337 g/mol. The third-order valence-corrected chi connectivity index (χ3v) is 6.09. The van der Waals surface area contributed by atoms with Gasteiger partial charge in [-0.05, 0) is 54.4 Å². The molecule has 2 saturated carbocycles. The highest BCUT2D eigenvalue weighted by molar-refractivity contribution is 5.80. The Labute approximate surface area is 148 Å². The molecular weight excluding hydrogens is 313 g/mol. The smallest absolute Gasteiger partial charge is 0.226 e. The van der Waals surface area contributed by atoms with Crippen LogP contribution in [-0.2, 0) is 4.79 Å². The van der Waals surface area contributed by atoms with Crippen LogP contribution in [0.3, 0.4) is 0 Å². The van der Waals surface area contributed by atoms with Gasteiger partial charge in [-0.3, -0.25) is 4.79 Å². The van der Waals surface area contributed by atoms with Gasteiger partial charge in [-0.25, -0.2) is 4.39 Å². The molecule has 2 aliphatic carbocycles. The quantitative estimate of drug-likeness (QED) is 0.784. The molecule has 0 aliphatic heterocycles. The van der Waals surface area contributed by atoms with Crippen LogP contribution in [0, 0.1) is 23.6 Å². The van der Waals surface area contributed by atoms with Crippen molar-refractivity contribution < 1.29 is 9.18 Å². The molecule has 3 heteroatoms. The third-order valence-electron chi connectivity index (χ3n) is 6.09. The summed E-state index contributed by atoms with van der Waals surface area (Å²) in [5.41, 5.74) is 2.01. The van der Waals surface area contributed by atoms with Crippen LogP contribution in [0.2, 0.25) is 0 Å². The molecule has 2 fully saturated rings. The molecule has 2 bridgehead atoms. The van der Waals surface area contributed by atoms with Gasteiger partial charge in [-0.2, -0.15) is 0 Å². The van der Waals surface area contributed by atoms with E-state index >= 15 is 0 Å². The van der Waals surface area contributed by atoms with Crippen LogP contribution in [0.15, 0.2) is 54.6 Å². The Bertz CT molecular complexity index is 742. The van der Waals surface area contributed by atoms with Gasteiger partial charge in [-0.15, -0.1) is 0 Å². The number of amides is 1. The highest BCUT2D eigenvalue weighted by Crippen LogP contribution is 2.49. The van der Waals surface area contributed by atoms with Crippen molar-refractivity contribution in [1.29, 1.82) is 0 Å². The van der Waals surface area contributed by atoms with Crippen molar-refractivity contribution in [2.24, 2.45) is 17.8 Å². The van der Waals surface area contributed by atoms with Crippen LogP contribution in [0.5, 0.6) is 0 Å². The van der Waals surface area contributed by atoms with Gasteiger partial charge >= 0.3 is 0 Å².